The van der Waals surface area contributed by atoms with Crippen molar-refractivity contribution in [2.24, 2.45) is 0 Å². The molecule has 0 aromatic heterocycles. The molecule has 122 valence electrons. The Hall–Kier alpha value is -2.62. The van der Waals surface area contributed by atoms with Crippen LogP contribution in [-0.2, 0) is 0 Å². The molecule has 24 heavy (non-hydrogen) atoms. The Balaban J connectivity index is 2.67. The molecule has 0 unspecified atom stereocenters. The molecular weight excluding hydrogens is 312 g/mol. The van der Waals surface area contributed by atoms with Gasteiger partial charge in [-0.15, -0.1) is 12.0 Å². The zero-order valence-electron chi connectivity index (χ0n) is 14.9. The predicted molar refractivity (Wildman–Crippen MR) is 103 cm³/mol. The molecular formula is C21H22O2Si. The minimum atomic E-state index is -1.48. The molecule has 0 fully saturated rings. The fourth-order valence-corrected chi connectivity index (χ4v) is 2.81. The maximum Gasteiger partial charge on any atom is 0.135 e. The molecule has 0 bridgehead atoms. The number of hydrogen-bond acceptors (Lipinski definition) is 2. The fourth-order valence-electron chi connectivity index (χ4n) is 2.30. The minimum absolute atomic E-state index is 0.725. The van der Waals surface area contributed by atoms with Crippen molar-refractivity contribution in [3.8, 4) is 46.4 Å². The van der Waals surface area contributed by atoms with Crippen molar-refractivity contribution in [1.29, 1.82) is 0 Å². The van der Waals surface area contributed by atoms with Crippen LogP contribution in [0.15, 0.2) is 36.4 Å². The van der Waals surface area contributed by atoms with E-state index in [0.717, 1.165) is 33.8 Å². The Bertz CT molecular complexity index is 843. The minimum Gasteiger partial charge on any atom is -0.496 e. The number of terminal acetylenes is 1. The van der Waals surface area contributed by atoms with Gasteiger partial charge in [-0.25, -0.2) is 0 Å². The van der Waals surface area contributed by atoms with Gasteiger partial charge in [0, 0.05) is 22.8 Å². The lowest BCUT2D eigenvalue weighted by Gasteiger charge is -2.14. The van der Waals surface area contributed by atoms with Crippen molar-refractivity contribution in [1.82, 2.24) is 0 Å². The van der Waals surface area contributed by atoms with Gasteiger partial charge < -0.3 is 9.47 Å². The molecule has 3 heteroatoms. The van der Waals surface area contributed by atoms with Gasteiger partial charge in [-0.05, 0) is 12.1 Å². The van der Waals surface area contributed by atoms with Crippen LogP contribution in [0.1, 0.15) is 11.1 Å². The topological polar surface area (TPSA) is 18.5 Å². The quantitative estimate of drug-likeness (QED) is 0.604. The highest BCUT2D eigenvalue weighted by Gasteiger charge is 2.15. The molecule has 0 radical (unpaired) electrons. The highest BCUT2D eigenvalue weighted by Crippen LogP contribution is 2.37. The first-order valence-corrected chi connectivity index (χ1v) is 11.2. The Kier molecular flexibility index (Phi) is 5.39. The predicted octanol–water partition coefficient (Wildman–Crippen LogP) is 4.58. The maximum atomic E-state index is 5.64. The van der Waals surface area contributed by atoms with Gasteiger partial charge >= 0.3 is 0 Å². The van der Waals surface area contributed by atoms with Crippen molar-refractivity contribution >= 4 is 8.07 Å². The Morgan fingerprint density at radius 3 is 2.12 bits per heavy atom. The van der Waals surface area contributed by atoms with Crippen LogP contribution in [0.4, 0.5) is 0 Å². The van der Waals surface area contributed by atoms with Crippen molar-refractivity contribution < 1.29 is 9.47 Å². The molecule has 0 N–H and O–H groups in total. The van der Waals surface area contributed by atoms with Crippen LogP contribution in [0.3, 0.4) is 0 Å². The summed E-state index contributed by atoms with van der Waals surface area (Å²) in [6.07, 6.45) is 5.64. The van der Waals surface area contributed by atoms with Crippen molar-refractivity contribution in [2.75, 3.05) is 14.2 Å². The maximum absolute atomic E-state index is 5.64. The third kappa shape index (κ3) is 4.01. The second-order valence-corrected chi connectivity index (χ2v) is 11.2. The zero-order valence-corrected chi connectivity index (χ0v) is 15.9. The molecule has 2 aromatic carbocycles. The van der Waals surface area contributed by atoms with Crippen molar-refractivity contribution in [2.45, 2.75) is 19.6 Å². The summed E-state index contributed by atoms with van der Waals surface area (Å²) in [5.74, 6) is 7.44. The van der Waals surface area contributed by atoms with Crippen LogP contribution in [0.25, 0.3) is 11.1 Å². The summed E-state index contributed by atoms with van der Waals surface area (Å²) in [5, 5.41) is 0. The van der Waals surface area contributed by atoms with E-state index < -0.39 is 8.07 Å². The number of methoxy groups -OCH3 is 2. The average molecular weight is 334 g/mol. The molecule has 2 rings (SSSR count). The van der Waals surface area contributed by atoms with Gasteiger partial charge in [0.1, 0.15) is 19.6 Å². The van der Waals surface area contributed by atoms with Crippen LogP contribution in [-0.4, -0.2) is 22.3 Å². The summed E-state index contributed by atoms with van der Waals surface area (Å²) >= 11 is 0. The molecule has 0 aliphatic carbocycles. The van der Waals surface area contributed by atoms with E-state index in [2.05, 4.69) is 37.0 Å². The van der Waals surface area contributed by atoms with Gasteiger partial charge in [-0.2, -0.15) is 0 Å². The van der Waals surface area contributed by atoms with Crippen LogP contribution < -0.4 is 9.47 Å². The lowest BCUT2D eigenvalue weighted by molar-refractivity contribution is 0.403. The average Bonchev–Trinajstić information content (AvgIpc) is 2.58. The molecule has 0 saturated carbocycles. The highest BCUT2D eigenvalue weighted by atomic mass is 28.3. The Morgan fingerprint density at radius 2 is 1.54 bits per heavy atom. The molecule has 0 aliphatic rings. The van der Waals surface area contributed by atoms with Gasteiger partial charge in [0.2, 0.25) is 0 Å². The molecule has 0 atom stereocenters. The van der Waals surface area contributed by atoms with Crippen molar-refractivity contribution in [3.63, 3.8) is 0 Å². The second-order valence-electron chi connectivity index (χ2n) is 6.44. The molecule has 0 heterocycles. The van der Waals surface area contributed by atoms with E-state index in [-0.39, 0.29) is 0 Å². The molecule has 0 saturated heterocycles. The summed E-state index contributed by atoms with van der Waals surface area (Å²) in [6.45, 7) is 6.63. The van der Waals surface area contributed by atoms with E-state index in [4.69, 9.17) is 15.9 Å². The van der Waals surface area contributed by atoms with E-state index in [1.165, 1.54) is 0 Å². The third-order valence-corrected chi connectivity index (χ3v) is 4.34. The first-order chi connectivity index (χ1) is 11.4. The van der Waals surface area contributed by atoms with Gasteiger partial charge in [0.25, 0.3) is 0 Å². The van der Waals surface area contributed by atoms with Gasteiger partial charge in [0.05, 0.1) is 19.8 Å². The number of hydrogen-bond donors (Lipinski definition) is 0. The number of benzene rings is 2. The smallest absolute Gasteiger partial charge is 0.135 e. The van der Waals surface area contributed by atoms with Crippen LogP contribution in [0.2, 0.25) is 19.6 Å². The van der Waals surface area contributed by atoms with E-state index in [9.17, 15) is 0 Å². The molecule has 0 aliphatic heterocycles. The first kappa shape index (κ1) is 17.7. The number of rotatable bonds is 3. The Morgan fingerprint density at radius 1 is 0.875 bits per heavy atom. The van der Waals surface area contributed by atoms with Gasteiger partial charge in [-0.3, -0.25) is 0 Å². The molecule has 2 aromatic rings. The van der Waals surface area contributed by atoms with E-state index in [0.29, 0.717) is 0 Å². The summed E-state index contributed by atoms with van der Waals surface area (Å²) in [7, 11) is 1.82. The molecule has 0 amide bonds. The van der Waals surface area contributed by atoms with Gasteiger partial charge in [-0.1, -0.05) is 49.7 Å². The molecule has 2 nitrogen and oxygen atoms in total. The lowest BCUT2D eigenvalue weighted by atomic mass is 9.97. The zero-order chi connectivity index (χ0) is 17.7. The fraction of sp³-hybridized carbons (Fsp3) is 0.238. The highest BCUT2D eigenvalue weighted by molar-refractivity contribution is 6.83. The largest absolute Gasteiger partial charge is 0.496 e. The SMILES string of the molecule is C#Cc1ccccc1-c1cc(OC)c(C#C[Si](C)(C)C)cc1OC. The van der Waals surface area contributed by atoms with E-state index in [1.807, 2.05) is 36.4 Å². The summed E-state index contributed by atoms with van der Waals surface area (Å²) < 4.78 is 11.1. The summed E-state index contributed by atoms with van der Waals surface area (Å²) in [6, 6.07) is 11.7. The van der Waals surface area contributed by atoms with Gasteiger partial charge in [0.15, 0.2) is 0 Å². The standard InChI is InChI=1S/C21H22O2Si/c1-7-16-10-8-9-11-18(16)19-15-20(22-2)17(14-21(19)23-3)12-13-24(4,5)6/h1,8-11,14-15H,2-6H3. The number of ether oxygens (including phenoxy) is 2. The van der Waals surface area contributed by atoms with E-state index >= 15 is 0 Å². The van der Waals surface area contributed by atoms with Crippen LogP contribution in [0, 0.1) is 23.8 Å². The molecule has 0 spiro atoms. The van der Waals surface area contributed by atoms with Crippen LogP contribution >= 0.6 is 0 Å². The van der Waals surface area contributed by atoms with Crippen LogP contribution in [0.5, 0.6) is 11.5 Å². The summed E-state index contributed by atoms with van der Waals surface area (Å²) in [5.41, 5.74) is 6.87. The Labute approximate surface area is 145 Å². The van der Waals surface area contributed by atoms with Crippen molar-refractivity contribution in [3.05, 3.63) is 47.5 Å². The first-order valence-electron chi connectivity index (χ1n) is 7.75. The summed E-state index contributed by atoms with van der Waals surface area (Å²) in [4.78, 5) is 0. The van der Waals surface area contributed by atoms with E-state index in [1.54, 1.807) is 14.2 Å². The third-order valence-electron chi connectivity index (χ3n) is 3.47. The monoisotopic (exact) mass is 334 g/mol. The second kappa shape index (κ2) is 7.30. The normalized spacial score (nSPS) is 10.3. The lowest BCUT2D eigenvalue weighted by Crippen LogP contribution is -2.16.